The smallest absolute Gasteiger partial charge is 0.131 e. The molecule has 2 aliphatic rings. The summed E-state index contributed by atoms with van der Waals surface area (Å²) >= 11 is 0. The van der Waals surface area contributed by atoms with Crippen LogP contribution in [0.2, 0.25) is 0 Å². The van der Waals surface area contributed by atoms with Gasteiger partial charge in [0.15, 0.2) is 0 Å². The van der Waals surface area contributed by atoms with Crippen LogP contribution in [0.25, 0.3) is 11.3 Å². The van der Waals surface area contributed by atoms with Gasteiger partial charge in [-0.15, -0.1) is 0 Å². The molecule has 2 N–H and O–H groups in total. The topological polar surface area (TPSA) is 43.8 Å². The average molecular weight is 281 g/mol. The van der Waals surface area contributed by atoms with Crippen LogP contribution in [0.4, 0.5) is 5.82 Å². The maximum absolute atomic E-state index is 6.35. The second-order valence-electron chi connectivity index (χ2n) is 6.64. The summed E-state index contributed by atoms with van der Waals surface area (Å²) in [6.45, 7) is 0. The third-order valence-corrected chi connectivity index (χ3v) is 5.10. The number of hydrogen-bond donors (Lipinski definition) is 1. The van der Waals surface area contributed by atoms with Gasteiger partial charge in [-0.3, -0.25) is 0 Å². The third kappa shape index (κ3) is 2.25. The van der Waals surface area contributed by atoms with Crippen molar-refractivity contribution in [3.63, 3.8) is 0 Å². The average Bonchev–Trinajstić information content (AvgIpc) is 3.15. The molecule has 110 valence electrons. The maximum atomic E-state index is 6.35. The zero-order valence-corrected chi connectivity index (χ0v) is 12.7. The van der Waals surface area contributed by atoms with Crippen molar-refractivity contribution in [1.82, 2.24) is 9.55 Å². The predicted octanol–water partition coefficient (Wildman–Crippen LogP) is 4.20. The van der Waals surface area contributed by atoms with Crippen LogP contribution in [0.5, 0.6) is 0 Å². The van der Waals surface area contributed by atoms with Crippen molar-refractivity contribution in [3.8, 4) is 11.3 Å². The molecule has 0 radical (unpaired) electrons. The van der Waals surface area contributed by atoms with Gasteiger partial charge in [0.25, 0.3) is 0 Å². The van der Waals surface area contributed by atoms with Gasteiger partial charge in [-0.25, -0.2) is 4.98 Å². The van der Waals surface area contributed by atoms with Gasteiger partial charge in [0.2, 0.25) is 0 Å². The summed E-state index contributed by atoms with van der Waals surface area (Å²) in [6, 6.07) is 8.81. The van der Waals surface area contributed by atoms with Crippen LogP contribution in [-0.2, 0) is 7.05 Å². The van der Waals surface area contributed by atoms with Gasteiger partial charge in [0.05, 0.1) is 0 Å². The molecule has 0 amide bonds. The molecule has 3 nitrogen and oxygen atoms in total. The Hall–Kier alpha value is -1.77. The number of anilines is 1. The lowest BCUT2D eigenvalue weighted by Crippen LogP contribution is -2.05. The van der Waals surface area contributed by atoms with Gasteiger partial charge >= 0.3 is 0 Å². The highest BCUT2D eigenvalue weighted by Gasteiger charge is 2.26. The van der Waals surface area contributed by atoms with Gasteiger partial charge in [0, 0.05) is 18.5 Å². The highest BCUT2D eigenvalue weighted by Crippen LogP contribution is 2.42. The fourth-order valence-electron chi connectivity index (χ4n) is 3.65. The molecule has 3 heteroatoms. The number of nitrogens with zero attached hydrogens (tertiary/aromatic N) is 2. The number of benzene rings is 1. The lowest BCUT2D eigenvalue weighted by atomic mass is 10.0. The zero-order valence-electron chi connectivity index (χ0n) is 12.7. The second-order valence-corrected chi connectivity index (χ2v) is 6.64. The second kappa shape index (κ2) is 4.90. The number of imidazole rings is 1. The Balaban J connectivity index is 1.74. The van der Waals surface area contributed by atoms with Crippen LogP contribution in [0.15, 0.2) is 24.3 Å². The first-order valence-corrected chi connectivity index (χ1v) is 8.16. The van der Waals surface area contributed by atoms with E-state index in [1.54, 1.807) is 0 Å². The standard InChI is InChI=1S/C18H23N3/c1-21-17(19)16(20-18(21)13-5-2-3-6-13)15-8-4-7-14(11-15)12-9-10-12/h4,7-8,11-13H,2-3,5-6,9-10,19H2,1H3. The van der Waals surface area contributed by atoms with E-state index in [2.05, 4.69) is 35.9 Å². The first-order valence-electron chi connectivity index (χ1n) is 8.16. The van der Waals surface area contributed by atoms with Crippen molar-refractivity contribution >= 4 is 5.82 Å². The minimum Gasteiger partial charge on any atom is -0.383 e. The minimum atomic E-state index is 0.595. The van der Waals surface area contributed by atoms with Crippen molar-refractivity contribution < 1.29 is 0 Å². The fourth-order valence-corrected chi connectivity index (χ4v) is 3.65. The van der Waals surface area contributed by atoms with E-state index in [1.165, 1.54) is 55.5 Å². The molecule has 21 heavy (non-hydrogen) atoms. The zero-order chi connectivity index (χ0) is 14.4. The normalized spacial score (nSPS) is 19.3. The summed E-state index contributed by atoms with van der Waals surface area (Å²) < 4.78 is 2.11. The highest BCUT2D eigenvalue weighted by molar-refractivity contribution is 5.71. The van der Waals surface area contributed by atoms with E-state index in [9.17, 15) is 0 Å². The molecule has 1 aromatic carbocycles. The van der Waals surface area contributed by atoms with E-state index in [0.29, 0.717) is 5.92 Å². The molecule has 2 fully saturated rings. The number of hydrogen-bond acceptors (Lipinski definition) is 2. The van der Waals surface area contributed by atoms with Crippen molar-refractivity contribution in [2.75, 3.05) is 5.73 Å². The number of aromatic nitrogens is 2. The van der Waals surface area contributed by atoms with Crippen molar-refractivity contribution in [3.05, 3.63) is 35.7 Å². The van der Waals surface area contributed by atoms with Crippen LogP contribution in [0.3, 0.4) is 0 Å². The Bertz CT molecular complexity index is 661. The number of nitrogens with two attached hydrogens (primary N) is 1. The molecule has 2 aromatic rings. The molecule has 2 saturated carbocycles. The molecule has 0 aliphatic heterocycles. The molecule has 0 atom stereocenters. The van der Waals surface area contributed by atoms with E-state index >= 15 is 0 Å². The van der Waals surface area contributed by atoms with Gasteiger partial charge in [-0.05, 0) is 43.2 Å². The van der Waals surface area contributed by atoms with Crippen LogP contribution in [-0.4, -0.2) is 9.55 Å². The van der Waals surface area contributed by atoms with Crippen LogP contribution in [0.1, 0.15) is 61.7 Å². The number of nitrogen functional groups attached to an aromatic ring is 1. The van der Waals surface area contributed by atoms with Gasteiger partial charge in [-0.1, -0.05) is 31.0 Å². The van der Waals surface area contributed by atoms with Crippen molar-refractivity contribution in [2.45, 2.75) is 50.4 Å². The monoisotopic (exact) mass is 281 g/mol. The molecule has 4 rings (SSSR count). The van der Waals surface area contributed by atoms with Gasteiger partial charge < -0.3 is 10.3 Å². The molecular formula is C18H23N3. The van der Waals surface area contributed by atoms with E-state index in [0.717, 1.165) is 17.4 Å². The summed E-state index contributed by atoms with van der Waals surface area (Å²) in [5, 5.41) is 0. The Kier molecular flexibility index (Phi) is 3.02. The Morgan fingerprint density at radius 2 is 1.86 bits per heavy atom. The molecule has 0 unspecified atom stereocenters. The maximum Gasteiger partial charge on any atom is 0.131 e. The van der Waals surface area contributed by atoms with Crippen molar-refractivity contribution in [1.29, 1.82) is 0 Å². The first kappa shape index (κ1) is 12.9. The molecule has 0 spiro atoms. The summed E-state index contributed by atoms with van der Waals surface area (Å²) in [5.41, 5.74) is 9.94. The summed E-state index contributed by atoms with van der Waals surface area (Å²) in [7, 11) is 2.06. The van der Waals surface area contributed by atoms with Crippen LogP contribution >= 0.6 is 0 Å². The molecule has 1 aromatic heterocycles. The van der Waals surface area contributed by atoms with Crippen molar-refractivity contribution in [2.24, 2.45) is 7.05 Å². The lowest BCUT2D eigenvalue weighted by molar-refractivity contribution is 0.635. The van der Waals surface area contributed by atoms with Gasteiger partial charge in [0.1, 0.15) is 17.3 Å². The lowest BCUT2D eigenvalue weighted by Gasteiger charge is -2.08. The predicted molar refractivity (Wildman–Crippen MR) is 86.2 cm³/mol. The molecule has 1 heterocycles. The van der Waals surface area contributed by atoms with Crippen LogP contribution < -0.4 is 5.73 Å². The Labute approximate surface area is 126 Å². The van der Waals surface area contributed by atoms with E-state index < -0.39 is 0 Å². The molecule has 0 saturated heterocycles. The Morgan fingerprint density at radius 3 is 2.57 bits per heavy atom. The van der Waals surface area contributed by atoms with E-state index in [-0.39, 0.29) is 0 Å². The van der Waals surface area contributed by atoms with E-state index in [4.69, 9.17) is 10.7 Å². The van der Waals surface area contributed by atoms with Crippen LogP contribution in [0, 0.1) is 0 Å². The summed E-state index contributed by atoms with van der Waals surface area (Å²) in [4.78, 5) is 4.92. The van der Waals surface area contributed by atoms with Gasteiger partial charge in [-0.2, -0.15) is 0 Å². The highest BCUT2D eigenvalue weighted by atomic mass is 15.1. The molecule has 0 bridgehead atoms. The Morgan fingerprint density at radius 1 is 1.10 bits per heavy atom. The summed E-state index contributed by atoms with van der Waals surface area (Å²) in [5.74, 6) is 3.35. The SMILES string of the molecule is Cn1c(C2CCCC2)nc(-c2cccc(C3CC3)c2)c1N. The minimum absolute atomic E-state index is 0.595. The first-order chi connectivity index (χ1) is 10.2. The van der Waals surface area contributed by atoms with E-state index in [1.807, 2.05) is 0 Å². The summed E-state index contributed by atoms with van der Waals surface area (Å²) in [6.07, 6.45) is 7.81. The molecule has 2 aliphatic carbocycles. The molecular weight excluding hydrogens is 258 g/mol. The third-order valence-electron chi connectivity index (χ3n) is 5.10. The fraction of sp³-hybridized carbons (Fsp3) is 0.500. The quantitative estimate of drug-likeness (QED) is 0.916. The number of rotatable bonds is 3. The largest absolute Gasteiger partial charge is 0.383 e.